The van der Waals surface area contributed by atoms with Gasteiger partial charge in [-0.25, -0.2) is 4.52 Å². The molecule has 0 bridgehead atoms. The quantitative estimate of drug-likeness (QED) is 0.658. The van der Waals surface area contributed by atoms with Gasteiger partial charge in [-0.3, -0.25) is 0 Å². The van der Waals surface area contributed by atoms with E-state index >= 15 is 0 Å². The van der Waals surface area contributed by atoms with Gasteiger partial charge in [0.25, 0.3) is 0 Å². The average Bonchev–Trinajstić information content (AvgIpc) is 2.70. The van der Waals surface area contributed by atoms with Crippen molar-refractivity contribution in [1.29, 1.82) is 0 Å². The van der Waals surface area contributed by atoms with E-state index in [4.69, 9.17) is 0 Å². The standard InChI is InChI=1S/C11H13BrN4S/c1-2-6-17-7-5-13-11-14-10-4-3-9(12)8-16(10)15-11/h2-4,8H,1,5-7H2,(H,13,15). The van der Waals surface area contributed by atoms with Crippen molar-refractivity contribution < 1.29 is 0 Å². The first-order valence-electron chi connectivity index (χ1n) is 5.24. The van der Waals surface area contributed by atoms with Crippen molar-refractivity contribution in [2.24, 2.45) is 0 Å². The highest BCUT2D eigenvalue weighted by Gasteiger charge is 2.02. The SMILES string of the molecule is C=CCSCCNc1nc2ccc(Br)cn2n1. The smallest absolute Gasteiger partial charge is 0.243 e. The van der Waals surface area contributed by atoms with Crippen LogP contribution in [0.5, 0.6) is 0 Å². The van der Waals surface area contributed by atoms with Crippen LogP contribution in [0, 0.1) is 0 Å². The number of thioether (sulfide) groups is 1. The van der Waals surface area contributed by atoms with E-state index in [1.54, 1.807) is 4.52 Å². The predicted molar refractivity (Wildman–Crippen MR) is 76.7 cm³/mol. The van der Waals surface area contributed by atoms with E-state index in [1.165, 1.54) is 0 Å². The molecule has 0 spiro atoms. The molecule has 0 saturated carbocycles. The van der Waals surface area contributed by atoms with Crippen molar-refractivity contribution in [3.8, 4) is 0 Å². The lowest BCUT2D eigenvalue weighted by atomic mass is 10.5. The van der Waals surface area contributed by atoms with Crippen molar-refractivity contribution in [3.63, 3.8) is 0 Å². The summed E-state index contributed by atoms with van der Waals surface area (Å²) in [6, 6.07) is 3.88. The van der Waals surface area contributed by atoms with Crippen LogP contribution in [-0.2, 0) is 0 Å². The van der Waals surface area contributed by atoms with Crippen LogP contribution in [0.1, 0.15) is 0 Å². The summed E-state index contributed by atoms with van der Waals surface area (Å²) in [7, 11) is 0. The number of nitrogens with zero attached hydrogens (tertiary/aromatic N) is 3. The number of nitrogens with one attached hydrogen (secondary N) is 1. The first-order valence-corrected chi connectivity index (χ1v) is 7.19. The molecule has 2 heterocycles. The fourth-order valence-corrected chi connectivity index (χ4v) is 2.24. The van der Waals surface area contributed by atoms with E-state index < -0.39 is 0 Å². The first-order chi connectivity index (χ1) is 8.29. The Morgan fingerprint density at radius 2 is 2.41 bits per heavy atom. The van der Waals surface area contributed by atoms with E-state index in [2.05, 4.69) is 37.9 Å². The van der Waals surface area contributed by atoms with Crippen LogP contribution < -0.4 is 5.32 Å². The van der Waals surface area contributed by atoms with Crippen molar-refractivity contribution in [2.75, 3.05) is 23.4 Å². The highest BCUT2D eigenvalue weighted by Crippen LogP contribution is 2.12. The summed E-state index contributed by atoms with van der Waals surface area (Å²) in [4.78, 5) is 4.36. The highest BCUT2D eigenvalue weighted by molar-refractivity contribution is 9.10. The Balaban J connectivity index is 1.93. The van der Waals surface area contributed by atoms with Crippen molar-refractivity contribution >= 4 is 39.3 Å². The van der Waals surface area contributed by atoms with E-state index in [-0.39, 0.29) is 0 Å². The molecule has 90 valence electrons. The molecule has 0 unspecified atom stereocenters. The maximum atomic E-state index is 4.36. The van der Waals surface area contributed by atoms with E-state index in [0.717, 1.165) is 28.2 Å². The first kappa shape index (κ1) is 12.4. The fourth-order valence-electron chi connectivity index (χ4n) is 1.33. The number of pyridine rings is 1. The molecule has 0 saturated heterocycles. The second-order valence-electron chi connectivity index (χ2n) is 3.38. The summed E-state index contributed by atoms with van der Waals surface area (Å²) in [5, 5.41) is 7.53. The number of fused-ring (bicyclic) bond motifs is 1. The van der Waals surface area contributed by atoms with Gasteiger partial charge in [0.1, 0.15) is 0 Å². The molecule has 2 aromatic rings. The molecular weight excluding hydrogens is 300 g/mol. The molecule has 2 aromatic heterocycles. The van der Waals surface area contributed by atoms with Gasteiger partial charge < -0.3 is 5.32 Å². The molecule has 6 heteroatoms. The van der Waals surface area contributed by atoms with Crippen LogP contribution in [-0.4, -0.2) is 32.6 Å². The third-order valence-corrected chi connectivity index (χ3v) is 3.49. The lowest BCUT2D eigenvalue weighted by Crippen LogP contribution is -2.05. The minimum atomic E-state index is 0.669. The molecular formula is C11H13BrN4S. The average molecular weight is 313 g/mol. The summed E-state index contributed by atoms with van der Waals surface area (Å²) in [6.07, 6.45) is 3.80. The Labute approximate surface area is 113 Å². The molecule has 0 aliphatic carbocycles. The molecule has 0 fully saturated rings. The molecule has 0 atom stereocenters. The normalized spacial score (nSPS) is 10.6. The molecule has 4 nitrogen and oxygen atoms in total. The predicted octanol–water partition coefficient (Wildman–Crippen LogP) is 2.82. The molecule has 17 heavy (non-hydrogen) atoms. The van der Waals surface area contributed by atoms with Crippen LogP contribution in [0.2, 0.25) is 0 Å². The topological polar surface area (TPSA) is 42.2 Å². The maximum absolute atomic E-state index is 4.36. The molecule has 1 N–H and O–H groups in total. The summed E-state index contributed by atoms with van der Waals surface area (Å²) in [5.74, 6) is 2.67. The van der Waals surface area contributed by atoms with Gasteiger partial charge in [-0.05, 0) is 28.1 Å². The summed E-state index contributed by atoms with van der Waals surface area (Å²) in [5.41, 5.74) is 0.842. The Hall–Kier alpha value is -1.01. The van der Waals surface area contributed by atoms with Crippen LogP contribution in [0.3, 0.4) is 0 Å². The van der Waals surface area contributed by atoms with Crippen LogP contribution in [0.4, 0.5) is 5.95 Å². The van der Waals surface area contributed by atoms with Gasteiger partial charge in [-0.15, -0.1) is 11.7 Å². The number of aromatic nitrogens is 3. The molecule has 0 radical (unpaired) electrons. The Morgan fingerprint density at radius 1 is 1.53 bits per heavy atom. The van der Waals surface area contributed by atoms with Crippen molar-refractivity contribution in [2.45, 2.75) is 0 Å². The lowest BCUT2D eigenvalue weighted by molar-refractivity contribution is 0.951. The monoisotopic (exact) mass is 312 g/mol. The van der Waals surface area contributed by atoms with Gasteiger partial charge in [0.15, 0.2) is 5.65 Å². The van der Waals surface area contributed by atoms with Crippen molar-refractivity contribution in [1.82, 2.24) is 14.6 Å². The van der Waals surface area contributed by atoms with Gasteiger partial charge in [-0.1, -0.05) is 6.08 Å². The molecule has 0 aliphatic heterocycles. The zero-order valence-electron chi connectivity index (χ0n) is 9.27. The number of hydrogen-bond donors (Lipinski definition) is 1. The Morgan fingerprint density at radius 3 is 3.24 bits per heavy atom. The van der Waals surface area contributed by atoms with Gasteiger partial charge >= 0.3 is 0 Å². The van der Waals surface area contributed by atoms with Gasteiger partial charge in [-0.2, -0.15) is 16.7 Å². The number of rotatable bonds is 6. The highest BCUT2D eigenvalue weighted by atomic mass is 79.9. The third-order valence-electron chi connectivity index (χ3n) is 2.06. The van der Waals surface area contributed by atoms with Crippen LogP contribution >= 0.6 is 27.7 Å². The number of anilines is 1. The maximum Gasteiger partial charge on any atom is 0.243 e. The van der Waals surface area contributed by atoms with Crippen LogP contribution in [0.15, 0.2) is 35.5 Å². The van der Waals surface area contributed by atoms with Crippen molar-refractivity contribution in [3.05, 3.63) is 35.5 Å². The minimum absolute atomic E-state index is 0.669. The molecule has 0 aromatic carbocycles. The van der Waals surface area contributed by atoms with E-state index in [9.17, 15) is 0 Å². The zero-order chi connectivity index (χ0) is 12.1. The largest absolute Gasteiger partial charge is 0.352 e. The zero-order valence-corrected chi connectivity index (χ0v) is 11.7. The molecule has 0 amide bonds. The Bertz CT molecular complexity index is 511. The minimum Gasteiger partial charge on any atom is -0.352 e. The second-order valence-corrected chi connectivity index (χ2v) is 5.44. The second kappa shape index (κ2) is 6.07. The van der Waals surface area contributed by atoms with Gasteiger partial charge in [0.2, 0.25) is 5.95 Å². The van der Waals surface area contributed by atoms with Crippen LogP contribution in [0.25, 0.3) is 5.65 Å². The fraction of sp³-hybridized carbons (Fsp3) is 0.273. The van der Waals surface area contributed by atoms with E-state index in [0.29, 0.717) is 5.95 Å². The lowest BCUT2D eigenvalue weighted by Gasteiger charge is -1.99. The summed E-state index contributed by atoms with van der Waals surface area (Å²) < 4.78 is 2.74. The molecule has 2 rings (SSSR count). The number of hydrogen-bond acceptors (Lipinski definition) is 4. The number of halogens is 1. The summed E-state index contributed by atoms with van der Waals surface area (Å²) in [6.45, 7) is 4.54. The summed E-state index contributed by atoms with van der Waals surface area (Å²) >= 11 is 5.23. The van der Waals surface area contributed by atoms with E-state index in [1.807, 2.05) is 36.2 Å². The Kier molecular flexibility index (Phi) is 4.44. The third kappa shape index (κ3) is 3.47. The molecule has 0 aliphatic rings. The van der Waals surface area contributed by atoms with Gasteiger partial charge in [0, 0.05) is 28.7 Å². The van der Waals surface area contributed by atoms with Gasteiger partial charge in [0.05, 0.1) is 0 Å².